The monoisotopic (exact) mass is 241 g/mol. The molecule has 3 nitrogen and oxygen atoms in total. The Balaban J connectivity index is 3.75. The van der Waals surface area contributed by atoms with E-state index < -0.39 is 13.7 Å². The van der Waals surface area contributed by atoms with Gasteiger partial charge < -0.3 is 10.1 Å². The van der Waals surface area contributed by atoms with Gasteiger partial charge in [0.1, 0.15) is 13.7 Å². The lowest BCUT2D eigenvalue weighted by atomic mass is 10.2. The zero-order chi connectivity index (χ0) is 12.8. The molecule has 0 aliphatic rings. The van der Waals surface area contributed by atoms with Gasteiger partial charge in [-0.3, -0.25) is 0 Å². The van der Waals surface area contributed by atoms with Gasteiger partial charge in [-0.05, 0) is 20.8 Å². The van der Waals surface area contributed by atoms with Crippen LogP contribution in [-0.2, 0) is 4.74 Å². The predicted octanol–water partition coefficient (Wildman–Crippen LogP) is 2.78. The van der Waals surface area contributed by atoms with Gasteiger partial charge in [-0.2, -0.15) is 0 Å². The minimum absolute atomic E-state index is 0.373. The molecule has 0 fully saturated rings. The molecule has 0 radical (unpaired) electrons. The summed E-state index contributed by atoms with van der Waals surface area (Å²) in [4.78, 5) is 11.2. The van der Waals surface area contributed by atoms with E-state index in [1.54, 1.807) is 0 Å². The molecule has 16 heavy (non-hydrogen) atoms. The van der Waals surface area contributed by atoms with Gasteiger partial charge in [0, 0.05) is 13.0 Å². The smallest absolute Gasteiger partial charge is 0.407 e. The highest BCUT2D eigenvalue weighted by Gasteiger charge is 2.15. The fraction of sp³-hybridized carbons (Fsp3) is 0.750. The van der Waals surface area contributed by atoms with Crippen molar-refractivity contribution in [3.63, 3.8) is 0 Å². The van der Waals surface area contributed by atoms with Crippen molar-refractivity contribution in [2.45, 2.75) is 52.4 Å². The van der Waals surface area contributed by atoms with E-state index in [0.29, 0.717) is 13.0 Å². The van der Waals surface area contributed by atoms with E-state index in [2.05, 4.69) is 36.4 Å². The molecule has 0 spiro atoms. The van der Waals surface area contributed by atoms with Crippen LogP contribution in [0.2, 0.25) is 19.6 Å². The van der Waals surface area contributed by atoms with Crippen molar-refractivity contribution in [1.82, 2.24) is 5.32 Å². The van der Waals surface area contributed by atoms with Crippen LogP contribution in [0.3, 0.4) is 0 Å². The minimum Gasteiger partial charge on any atom is -0.444 e. The second kappa shape index (κ2) is 5.95. The molecule has 0 unspecified atom stereocenters. The van der Waals surface area contributed by atoms with E-state index in [-0.39, 0.29) is 6.09 Å². The van der Waals surface area contributed by atoms with Crippen LogP contribution in [0.25, 0.3) is 0 Å². The van der Waals surface area contributed by atoms with Crippen molar-refractivity contribution in [1.29, 1.82) is 0 Å². The number of rotatable bonds is 2. The van der Waals surface area contributed by atoms with Gasteiger partial charge in [-0.25, -0.2) is 4.79 Å². The Morgan fingerprint density at radius 1 is 1.31 bits per heavy atom. The average molecular weight is 241 g/mol. The van der Waals surface area contributed by atoms with Crippen LogP contribution in [0.4, 0.5) is 4.79 Å². The summed E-state index contributed by atoms with van der Waals surface area (Å²) in [5.74, 6) is 3.08. The van der Waals surface area contributed by atoms with Crippen molar-refractivity contribution >= 4 is 14.2 Å². The van der Waals surface area contributed by atoms with Crippen molar-refractivity contribution < 1.29 is 9.53 Å². The van der Waals surface area contributed by atoms with Gasteiger partial charge in [-0.1, -0.05) is 19.6 Å². The summed E-state index contributed by atoms with van der Waals surface area (Å²) < 4.78 is 5.10. The summed E-state index contributed by atoms with van der Waals surface area (Å²) in [5.41, 5.74) is 2.80. The highest BCUT2D eigenvalue weighted by atomic mass is 28.3. The molecule has 0 atom stereocenters. The molecule has 0 saturated heterocycles. The Labute approximate surface area is 100.0 Å². The summed E-state index contributed by atoms with van der Waals surface area (Å²) in [6, 6.07) is 0. The van der Waals surface area contributed by atoms with E-state index >= 15 is 0 Å². The molecule has 0 rings (SSSR count). The Morgan fingerprint density at radius 3 is 2.31 bits per heavy atom. The zero-order valence-electron chi connectivity index (χ0n) is 11.2. The number of hydrogen-bond donors (Lipinski definition) is 1. The maximum atomic E-state index is 11.2. The Hall–Kier alpha value is -0.953. The van der Waals surface area contributed by atoms with Crippen molar-refractivity contribution in [2.75, 3.05) is 6.54 Å². The third kappa shape index (κ3) is 11.1. The molecule has 0 heterocycles. The second-order valence-electron chi connectivity index (χ2n) is 5.73. The molecule has 0 aromatic heterocycles. The maximum Gasteiger partial charge on any atom is 0.407 e. The topological polar surface area (TPSA) is 38.3 Å². The lowest BCUT2D eigenvalue weighted by Gasteiger charge is -2.19. The first-order valence-electron chi connectivity index (χ1n) is 5.57. The van der Waals surface area contributed by atoms with E-state index in [1.165, 1.54) is 0 Å². The fourth-order valence-electron chi connectivity index (χ4n) is 0.869. The highest BCUT2D eigenvalue weighted by Crippen LogP contribution is 2.06. The van der Waals surface area contributed by atoms with Gasteiger partial charge >= 0.3 is 6.09 Å². The van der Waals surface area contributed by atoms with Gasteiger partial charge in [0.25, 0.3) is 0 Å². The molecular formula is C12H23NO2Si. The third-order valence-corrected chi connectivity index (χ3v) is 2.31. The number of nitrogens with one attached hydrogen (secondary N) is 1. The molecule has 0 aromatic rings. The van der Waals surface area contributed by atoms with Gasteiger partial charge in [0.15, 0.2) is 0 Å². The Morgan fingerprint density at radius 2 is 1.88 bits per heavy atom. The summed E-state index contributed by atoms with van der Waals surface area (Å²) >= 11 is 0. The molecule has 0 aliphatic carbocycles. The van der Waals surface area contributed by atoms with Crippen LogP contribution < -0.4 is 5.32 Å². The number of amides is 1. The molecule has 92 valence electrons. The molecule has 0 saturated carbocycles. The first-order chi connectivity index (χ1) is 7.10. The molecular weight excluding hydrogens is 218 g/mol. The molecule has 0 aromatic carbocycles. The molecule has 0 aliphatic heterocycles. The van der Waals surface area contributed by atoms with Gasteiger partial charge in [0.05, 0.1) is 0 Å². The normalized spacial score (nSPS) is 11.4. The molecule has 1 N–H and O–H groups in total. The summed E-state index contributed by atoms with van der Waals surface area (Å²) in [7, 11) is -1.28. The first kappa shape index (κ1) is 15.0. The van der Waals surface area contributed by atoms with Crippen LogP contribution in [-0.4, -0.2) is 26.3 Å². The number of hydrogen-bond acceptors (Lipinski definition) is 2. The number of ether oxygens (including phenoxy) is 1. The first-order valence-corrected chi connectivity index (χ1v) is 9.07. The van der Waals surface area contributed by atoms with Crippen LogP contribution in [0.1, 0.15) is 27.2 Å². The van der Waals surface area contributed by atoms with Gasteiger partial charge in [-0.15, -0.1) is 11.5 Å². The lowest BCUT2D eigenvalue weighted by Crippen LogP contribution is -2.32. The van der Waals surface area contributed by atoms with E-state index in [0.717, 1.165) is 0 Å². The standard InChI is InChI=1S/C12H23NO2Si/c1-12(2,3)15-11(14)13-9-7-8-10-16(4,5)6/h7,9H2,1-6H3,(H,13,14). The molecule has 4 heteroatoms. The number of carbonyl (C=O) groups is 1. The number of carbonyl (C=O) groups excluding carboxylic acids is 1. The SMILES string of the molecule is CC(C)(C)OC(=O)NCCC#C[Si](C)(C)C. The van der Waals surface area contributed by atoms with Crippen LogP contribution in [0.15, 0.2) is 0 Å². The van der Waals surface area contributed by atoms with Crippen molar-refractivity contribution in [2.24, 2.45) is 0 Å². The predicted molar refractivity (Wildman–Crippen MR) is 70.0 cm³/mol. The van der Waals surface area contributed by atoms with E-state index in [4.69, 9.17) is 4.74 Å². The Kier molecular flexibility index (Phi) is 5.60. The molecule has 0 bridgehead atoms. The second-order valence-corrected chi connectivity index (χ2v) is 10.5. The summed E-state index contributed by atoms with van der Waals surface area (Å²) in [6.07, 6.45) is 0.311. The van der Waals surface area contributed by atoms with Crippen LogP contribution in [0, 0.1) is 11.5 Å². The van der Waals surface area contributed by atoms with E-state index in [1.807, 2.05) is 20.8 Å². The lowest BCUT2D eigenvalue weighted by molar-refractivity contribution is 0.0529. The fourth-order valence-corrected chi connectivity index (χ4v) is 1.52. The van der Waals surface area contributed by atoms with Crippen molar-refractivity contribution in [3.05, 3.63) is 0 Å². The quantitative estimate of drug-likeness (QED) is 0.458. The summed E-state index contributed by atoms with van der Waals surface area (Å²) in [6.45, 7) is 12.7. The zero-order valence-corrected chi connectivity index (χ0v) is 12.2. The molecule has 1 amide bonds. The van der Waals surface area contributed by atoms with Gasteiger partial charge in [0.2, 0.25) is 0 Å². The maximum absolute atomic E-state index is 11.2. The minimum atomic E-state index is -1.28. The Bertz CT molecular complexity index is 289. The van der Waals surface area contributed by atoms with Crippen LogP contribution in [0.5, 0.6) is 0 Å². The van der Waals surface area contributed by atoms with E-state index in [9.17, 15) is 4.79 Å². The third-order valence-electron chi connectivity index (χ3n) is 1.38. The highest BCUT2D eigenvalue weighted by molar-refractivity contribution is 6.83. The largest absolute Gasteiger partial charge is 0.444 e. The summed E-state index contributed by atoms with van der Waals surface area (Å²) in [5, 5.41) is 2.68. The van der Waals surface area contributed by atoms with Crippen LogP contribution >= 0.6 is 0 Å². The van der Waals surface area contributed by atoms with Crippen molar-refractivity contribution in [3.8, 4) is 11.5 Å². The average Bonchev–Trinajstić information content (AvgIpc) is 1.97. The number of alkyl carbamates (subject to hydrolysis) is 1.